The van der Waals surface area contributed by atoms with Crippen molar-refractivity contribution in [3.8, 4) is 0 Å². The monoisotopic (exact) mass is 448 g/mol. The van der Waals surface area contributed by atoms with Crippen LogP contribution in [0.4, 0.5) is 0 Å². The van der Waals surface area contributed by atoms with E-state index in [0.29, 0.717) is 12.8 Å². The van der Waals surface area contributed by atoms with Gasteiger partial charge in [-0.15, -0.1) is 0 Å². The van der Waals surface area contributed by atoms with Crippen LogP contribution >= 0.6 is 0 Å². The number of carbonyl (C=O) groups excluding carboxylic acids is 2. The van der Waals surface area contributed by atoms with Gasteiger partial charge >= 0.3 is 11.9 Å². The van der Waals surface area contributed by atoms with Crippen LogP contribution in [0.5, 0.6) is 0 Å². The molecule has 3 atom stereocenters. The summed E-state index contributed by atoms with van der Waals surface area (Å²) >= 11 is 0. The van der Waals surface area contributed by atoms with Crippen LogP contribution in [0.2, 0.25) is 0 Å². The summed E-state index contributed by atoms with van der Waals surface area (Å²) in [7, 11) is 1.26. The molecule has 180 valence electrons. The minimum Gasteiger partial charge on any atom is -0.469 e. The number of rotatable bonds is 12. The summed E-state index contributed by atoms with van der Waals surface area (Å²) in [5.74, 6) is -0.747. The molecule has 0 aromatic heterocycles. The quantitative estimate of drug-likeness (QED) is 0.446. The molecule has 1 rings (SSSR count). The summed E-state index contributed by atoms with van der Waals surface area (Å²) < 4.78 is 10.5. The van der Waals surface area contributed by atoms with Gasteiger partial charge in [-0.05, 0) is 51.7 Å². The van der Waals surface area contributed by atoms with Crippen molar-refractivity contribution in [3.05, 3.63) is 40.5 Å². The van der Waals surface area contributed by atoms with Gasteiger partial charge in [0.05, 0.1) is 31.2 Å². The van der Waals surface area contributed by atoms with Crippen molar-refractivity contribution in [1.82, 2.24) is 0 Å². The number of carbonyl (C=O) groups is 2. The highest BCUT2D eigenvalue weighted by molar-refractivity contribution is 5.76. The first-order chi connectivity index (χ1) is 14.9. The van der Waals surface area contributed by atoms with E-state index in [-0.39, 0.29) is 18.8 Å². The lowest BCUT2D eigenvalue weighted by Gasteiger charge is -2.27. The Bertz CT molecular complexity index is 796. The molecule has 0 saturated heterocycles. The van der Waals surface area contributed by atoms with E-state index in [9.17, 15) is 19.8 Å². The molecule has 0 amide bonds. The highest BCUT2D eigenvalue weighted by Gasteiger charge is 2.30. The average Bonchev–Trinajstić information content (AvgIpc) is 2.71. The number of hydrogen-bond acceptors (Lipinski definition) is 6. The summed E-state index contributed by atoms with van der Waals surface area (Å²) in [6.07, 6.45) is 3.16. The Hall–Kier alpha value is -2.18. The fourth-order valence-electron chi connectivity index (χ4n) is 3.40. The molecular formula is C26H40O6. The number of ether oxygens (including phenoxy) is 2. The molecule has 0 radical (unpaired) electrons. The first-order valence-corrected chi connectivity index (χ1v) is 11.4. The highest BCUT2D eigenvalue weighted by atomic mass is 16.5. The summed E-state index contributed by atoms with van der Waals surface area (Å²) in [5.41, 5.74) is 3.30. The summed E-state index contributed by atoms with van der Waals surface area (Å²) in [6, 6.07) is 4.07. The number of aliphatic hydroxyl groups excluding tert-OH is 2. The second-order valence-corrected chi connectivity index (χ2v) is 9.10. The van der Waals surface area contributed by atoms with Crippen LogP contribution in [0.1, 0.15) is 88.2 Å². The van der Waals surface area contributed by atoms with Gasteiger partial charge in [-0.25, -0.2) is 0 Å². The number of aliphatic hydroxyl groups is 2. The van der Waals surface area contributed by atoms with E-state index in [0.717, 1.165) is 28.7 Å². The number of benzene rings is 1. The minimum absolute atomic E-state index is 0.0178. The Balaban J connectivity index is 3.18. The zero-order valence-electron chi connectivity index (χ0n) is 20.6. The van der Waals surface area contributed by atoms with Crippen molar-refractivity contribution in [3.63, 3.8) is 0 Å². The molecule has 32 heavy (non-hydrogen) atoms. The van der Waals surface area contributed by atoms with Crippen LogP contribution in [-0.4, -0.2) is 41.5 Å². The molecule has 0 spiro atoms. The molecule has 0 fully saturated rings. The van der Waals surface area contributed by atoms with Gasteiger partial charge in [-0.3, -0.25) is 9.59 Å². The molecule has 0 aliphatic rings. The highest BCUT2D eigenvalue weighted by Crippen LogP contribution is 2.33. The summed E-state index contributed by atoms with van der Waals surface area (Å²) in [5, 5.41) is 20.3. The average molecular weight is 449 g/mol. The van der Waals surface area contributed by atoms with E-state index < -0.39 is 29.7 Å². The van der Waals surface area contributed by atoms with Gasteiger partial charge < -0.3 is 19.7 Å². The normalized spacial score (nSPS) is 14.8. The molecule has 0 saturated carbocycles. The Morgan fingerprint density at radius 2 is 1.81 bits per heavy atom. The van der Waals surface area contributed by atoms with E-state index in [4.69, 9.17) is 4.74 Å². The van der Waals surface area contributed by atoms with Crippen molar-refractivity contribution in [2.75, 3.05) is 7.11 Å². The van der Waals surface area contributed by atoms with Gasteiger partial charge in [0, 0.05) is 12.0 Å². The molecule has 2 N–H and O–H groups in total. The van der Waals surface area contributed by atoms with Crippen LogP contribution in [0.25, 0.3) is 6.08 Å². The number of esters is 2. The lowest BCUT2D eigenvalue weighted by molar-refractivity contribution is -0.160. The molecule has 0 heterocycles. The molecule has 1 unspecified atom stereocenters. The van der Waals surface area contributed by atoms with Crippen LogP contribution in [0, 0.1) is 19.3 Å². The summed E-state index contributed by atoms with van der Waals surface area (Å²) in [4.78, 5) is 24.1. The van der Waals surface area contributed by atoms with Gasteiger partial charge in [0.2, 0.25) is 0 Å². The van der Waals surface area contributed by atoms with E-state index in [1.807, 2.05) is 46.8 Å². The fraction of sp³-hybridized carbons (Fsp3) is 0.615. The van der Waals surface area contributed by atoms with Crippen LogP contribution in [0.3, 0.4) is 0 Å². The second kappa shape index (κ2) is 12.8. The van der Waals surface area contributed by atoms with Crippen molar-refractivity contribution in [2.45, 2.75) is 92.0 Å². The lowest BCUT2D eigenvalue weighted by Crippen LogP contribution is -2.27. The van der Waals surface area contributed by atoms with Gasteiger partial charge in [0.15, 0.2) is 0 Å². The Kier molecular flexibility index (Phi) is 11.1. The fourth-order valence-corrected chi connectivity index (χ4v) is 3.40. The third kappa shape index (κ3) is 8.40. The first kappa shape index (κ1) is 27.9. The molecular weight excluding hydrogens is 408 g/mol. The predicted molar refractivity (Wildman–Crippen MR) is 126 cm³/mol. The topological polar surface area (TPSA) is 93.1 Å². The molecule has 1 aromatic rings. The third-order valence-corrected chi connectivity index (χ3v) is 5.78. The van der Waals surface area contributed by atoms with E-state index in [1.165, 1.54) is 7.11 Å². The molecule has 0 bridgehead atoms. The zero-order chi connectivity index (χ0) is 24.5. The lowest BCUT2D eigenvalue weighted by atomic mass is 9.89. The maximum atomic E-state index is 12.8. The standard InChI is InChI=1S/C26H40O6/c1-8-10-23(32-25(30)26(5,6)9-2)22-14-17(3)13-18(4)21(22)12-11-19(27)15-20(28)16-24(29)31-7/h11-14,19-20,23,27-28H,8-10,15-16H2,1-7H3/b12-11+/t19-,20-,23?/m1/s1. The van der Waals surface area contributed by atoms with Crippen LogP contribution in [0.15, 0.2) is 18.2 Å². The molecule has 0 aliphatic carbocycles. The SMILES string of the molecule is CCCC(OC(=O)C(C)(C)CC)c1cc(C)cc(C)c1/C=C/[C@@H](O)C[C@@H](O)CC(=O)OC. The number of aryl methyl sites for hydroxylation is 2. The Morgan fingerprint density at radius 3 is 2.38 bits per heavy atom. The van der Waals surface area contributed by atoms with Gasteiger partial charge in [-0.2, -0.15) is 0 Å². The predicted octanol–water partition coefficient (Wildman–Crippen LogP) is 4.81. The molecule has 6 nitrogen and oxygen atoms in total. The van der Waals surface area contributed by atoms with Crippen molar-refractivity contribution in [2.24, 2.45) is 5.41 Å². The Morgan fingerprint density at radius 1 is 1.16 bits per heavy atom. The molecule has 1 aromatic carbocycles. The van der Waals surface area contributed by atoms with Gasteiger partial charge in [-0.1, -0.05) is 50.1 Å². The van der Waals surface area contributed by atoms with E-state index in [1.54, 1.807) is 12.2 Å². The largest absolute Gasteiger partial charge is 0.469 e. The van der Waals surface area contributed by atoms with Gasteiger partial charge in [0.1, 0.15) is 6.10 Å². The first-order valence-electron chi connectivity index (χ1n) is 11.4. The van der Waals surface area contributed by atoms with Crippen LogP contribution < -0.4 is 0 Å². The van der Waals surface area contributed by atoms with Crippen LogP contribution in [-0.2, 0) is 19.1 Å². The second-order valence-electron chi connectivity index (χ2n) is 9.10. The number of hydrogen-bond donors (Lipinski definition) is 2. The zero-order valence-corrected chi connectivity index (χ0v) is 20.6. The maximum Gasteiger partial charge on any atom is 0.312 e. The summed E-state index contributed by atoms with van der Waals surface area (Å²) in [6.45, 7) is 11.8. The Labute approximate surface area is 192 Å². The third-order valence-electron chi connectivity index (χ3n) is 5.78. The molecule has 6 heteroatoms. The van der Waals surface area contributed by atoms with E-state index >= 15 is 0 Å². The van der Waals surface area contributed by atoms with E-state index in [2.05, 4.69) is 11.7 Å². The van der Waals surface area contributed by atoms with Crippen molar-refractivity contribution >= 4 is 18.0 Å². The maximum absolute atomic E-state index is 12.8. The minimum atomic E-state index is -0.995. The molecule has 0 aliphatic heterocycles. The van der Waals surface area contributed by atoms with Crippen molar-refractivity contribution < 1.29 is 29.3 Å². The van der Waals surface area contributed by atoms with Gasteiger partial charge in [0.25, 0.3) is 0 Å². The van der Waals surface area contributed by atoms with Crippen molar-refractivity contribution in [1.29, 1.82) is 0 Å². The smallest absolute Gasteiger partial charge is 0.312 e. The number of methoxy groups -OCH3 is 1.